The van der Waals surface area contributed by atoms with Gasteiger partial charge in [-0.3, -0.25) is 4.79 Å². The molecule has 5 heteroatoms. The van der Waals surface area contributed by atoms with E-state index in [1.807, 2.05) is 0 Å². The zero-order valence-corrected chi connectivity index (χ0v) is 8.70. The predicted octanol–water partition coefficient (Wildman–Crippen LogP) is 1.99. The third-order valence-electron chi connectivity index (χ3n) is 1.34. The minimum absolute atomic E-state index is 0.0450. The Morgan fingerprint density at radius 2 is 2.07 bits per heavy atom. The summed E-state index contributed by atoms with van der Waals surface area (Å²) in [5, 5.41) is -0.0450. The van der Waals surface area contributed by atoms with Crippen molar-refractivity contribution in [1.29, 1.82) is 0 Å². The van der Waals surface area contributed by atoms with E-state index in [9.17, 15) is 13.6 Å². The van der Waals surface area contributed by atoms with Crippen LogP contribution in [0.25, 0.3) is 0 Å². The lowest BCUT2D eigenvalue weighted by Crippen LogP contribution is -1.90. The number of hydrogen-bond acceptors (Lipinski definition) is 3. The lowest BCUT2D eigenvalue weighted by molar-refractivity contribution is -0.109. The Labute approximate surface area is 90.1 Å². The van der Waals surface area contributed by atoms with Gasteiger partial charge in [-0.15, -0.1) is 0 Å². The van der Waals surface area contributed by atoms with E-state index in [2.05, 4.69) is 16.8 Å². The van der Waals surface area contributed by atoms with Crippen LogP contribution in [0.5, 0.6) is 0 Å². The van der Waals surface area contributed by atoms with E-state index in [4.69, 9.17) is 0 Å². The second kappa shape index (κ2) is 5.47. The van der Waals surface area contributed by atoms with Crippen molar-refractivity contribution in [3.05, 3.63) is 29.6 Å². The average Bonchev–Trinajstić information content (AvgIpc) is 2.10. The van der Waals surface area contributed by atoms with Crippen molar-refractivity contribution in [2.24, 2.45) is 0 Å². The molecule has 78 valence electrons. The van der Waals surface area contributed by atoms with Crippen LogP contribution < -0.4 is 0 Å². The summed E-state index contributed by atoms with van der Waals surface area (Å²) in [6, 6.07) is 2.07. The standard InChI is InChI=1S/C10H7F2NOS/c1-7(14)15-4-2-3-8-5-9(11)13-10(12)6-8/h5-6H,4H2,1H3. The highest BCUT2D eigenvalue weighted by atomic mass is 32.2. The van der Waals surface area contributed by atoms with Gasteiger partial charge in [0.25, 0.3) is 0 Å². The summed E-state index contributed by atoms with van der Waals surface area (Å²) in [7, 11) is 0. The number of hydrogen-bond donors (Lipinski definition) is 0. The molecule has 0 aliphatic carbocycles. The number of aromatic nitrogens is 1. The Hall–Kier alpha value is -1.41. The van der Waals surface area contributed by atoms with Gasteiger partial charge in [0.1, 0.15) is 0 Å². The minimum atomic E-state index is -0.904. The van der Waals surface area contributed by atoms with Gasteiger partial charge in [0.05, 0.1) is 5.75 Å². The molecule has 0 radical (unpaired) electrons. The van der Waals surface area contributed by atoms with Crippen molar-refractivity contribution in [2.45, 2.75) is 6.92 Å². The van der Waals surface area contributed by atoms with E-state index in [-0.39, 0.29) is 10.7 Å². The van der Waals surface area contributed by atoms with Gasteiger partial charge in [-0.2, -0.15) is 13.8 Å². The Balaban J connectivity index is 2.67. The summed E-state index contributed by atoms with van der Waals surface area (Å²) in [6.45, 7) is 1.43. The number of rotatable bonds is 1. The third-order valence-corrected chi connectivity index (χ3v) is 2.04. The molecular weight excluding hydrogens is 220 g/mol. The monoisotopic (exact) mass is 227 g/mol. The second-order valence-electron chi connectivity index (χ2n) is 2.58. The van der Waals surface area contributed by atoms with Crippen molar-refractivity contribution in [3.8, 4) is 11.8 Å². The fourth-order valence-corrected chi connectivity index (χ4v) is 1.16. The summed E-state index contributed by atoms with van der Waals surface area (Å²) < 4.78 is 25.2. The summed E-state index contributed by atoms with van der Waals surface area (Å²) in [5.74, 6) is 3.66. The number of thioether (sulfide) groups is 1. The minimum Gasteiger partial charge on any atom is -0.288 e. The molecule has 1 heterocycles. The van der Waals surface area contributed by atoms with E-state index in [0.717, 1.165) is 23.9 Å². The van der Waals surface area contributed by atoms with Gasteiger partial charge in [-0.05, 0) is 0 Å². The molecule has 0 aromatic carbocycles. The highest BCUT2D eigenvalue weighted by Crippen LogP contribution is 2.03. The van der Waals surface area contributed by atoms with E-state index in [0.29, 0.717) is 5.75 Å². The first-order valence-electron chi connectivity index (χ1n) is 4.03. The third kappa shape index (κ3) is 4.56. The molecule has 1 aromatic rings. The second-order valence-corrected chi connectivity index (χ2v) is 3.74. The Kier molecular flexibility index (Phi) is 4.25. The van der Waals surface area contributed by atoms with Gasteiger partial charge in [0.15, 0.2) is 5.12 Å². The van der Waals surface area contributed by atoms with Crippen LogP contribution in [-0.2, 0) is 4.79 Å². The van der Waals surface area contributed by atoms with Crippen LogP contribution >= 0.6 is 11.8 Å². The molecule has 0 spiro atoms. The van der Waals surface area contributed by atoms with Gasteiger partial charge in [0.2, 0.25) is 11.9 Å². The van der Waals surface area contributed by atoms with Crippen molar-refractivity contribution < 1.29 is 13.6 Å². The van der Waals surface area contributed by atoms with Crippen LogP contribution in [0.4, 0.5) is 8.78 Å². The quantitative estimate of drug-likeness (QED) is 0.543. The van der Waals surface area contributed by atoms with Crippen molar-refractivity contribution in [3.63, 3.8) is 0 Å². The highest BCUT2D eigenvalue weighted by Gasteiger charge is 1.98. The Morgan fingerprint density at radius 1 is 1.47 bits per heavy atom. The van der Waals surface area contributed by atoms with E-state index in [1.165, 1.54) is 6.92 Å². The van der Waals surface area contributed by atoms with Crippen LogP contribution in [-0.4, -0.2) is 15.9 Å². The van der Waals surface area contributed by atoms with Gasteiger partial charge >= 0.3 is 0 Å². The first-order chi connectivity index (χ1) is 7.08. The maximum atomic E-state index is 12.6. The SMILES string of the molecule is CC(=O)SCC#Cc1cc(F)nc(F)c1. The molecule has 0 atom stereocenters. The maximum Gasteiger partial charge on any atom is 0.216 e. The van der Waals surface area contributed by atoms with Crippen LogP contribution in [0.1, 0.15) is 12.5 Å². The molecule has 15 heavy (non-hydrogen) atoms. The molecule has 0 fully saturated rings. The van der Waals surface area contributed by atoms with Crippen molar-refractivity contribution in [2.75, 3.05) is 5.75 Å². The summed E-state index contributed by atoms with van der Waals surface area (Å²) >= 11 is 1.04. The zero-order chi connectivity index (χ0) is 11.3. The molecule has 0 N–H and O–H groups in total. The molecule has 0 aliphatic rings. The van der Waals surface area contributed by atoms with Crippen LogP contribution in [0.2, 0.25) is 0 Å². The average molecular weight is 227 g/mol. The smallest absolute Gasteiger partial charge is 0.216 e. The normalized spacial score (nSPS) is 9.27. The number of nitrogens with zero attached hydrogens (tertiary/aromatic N) is 1. The van der Waals surface area contributed by atoms with Crippen LogP contribution in [0, 0.1) is 23.7 Å². The summed E-state index contributed by atoms with van der Waals surface area (Å²) in [6.07, 6.45) is 0. The van der Waals surface area contributed by atoms with Gasteiger partial charge in [-0.25, -0.2) is 0 Å². The molecule has 0 saturated carbocycles. The molecule has 0 saturated heterocycles. The van der Waals surface area contributed by atoms with Crippen molar-refractivity contribution >= 4 is 16.9 Å². The van der Waals surface area contributed by atoms with Crippen molar-refractivity contribution in [1.82, 2.24) is 4.98 Å². The molecular formula is C10H7F2NOS. The highest BCUT2D eigenvalue weighted by molar-refractivity contribution is 8.13. The molecule has 1 rings (SSSR count). The number of pyridine rings is 1. The topological polar surface area (TPSA) is 30.0 Å². The number of carbonyl (C=O) groups is 1. The Bertz CT molecular complexity index is 417. The zero-order valence-electron chi connectivity index (χ0n) is 7.88. The lowest BCUT2D eigenvalue weighted by Gasteiger charge is -1.91. The number of halogens is 2. The van der Waals surface area contributed by atoms with E-state index in [1.54, 1.807) is 0 Å². The first kappa shape index (κ1) is 11.7. The predicted molar refractivity (Wildman–Crippen MR) is 54.2 cm³/mol. The maximum absolute atomic E-state index is 12.6. The Morgan fingerprint density at radius 3 is 2.60 bits per heavy atom. The van der Waals surface area contributed by atoms with Crippen LogP contribution in [0.3, 0.4) is 0 Å². The first-order valence-corrected chi connectivity index (χ1v) is 5.02. The fraction of sp³-hybridized carbons (Fsp3) is 0.200. The molecule has 0 amide bonds. The summed E-state index contributed by atoms with van der Waals surface area (Å²) in [4.78, 5) is 13.5. The van der Waals surface area contributed by atoms with Gasteiger partial charge < -0.3 is 0 Å². The molecule has 2 nitrogen and oxygen atoms in total. The largest absolute Gasteiger partial charge is 0.288 e. The summed E-state index contributed by atoms with van der Waals surface area (Å²) in [5.41, 5.74) is 0.212. The molecule has 0 aliphatic heterocycles. The van der Waals surface area contributed by atoms with E-state index < -0.39 is 11.9 Å². The lowest BCUT2D eigenvalue weighted by atomic mass is 10.3. The van der Waals surface area contributed by atoms with Crippen LogP contribution in [0.15, 0.2) is 12.1 Å². The van der Waals surface area contributed by atoms with Gasteiger partial charge in [0, 0.05) is 24.6 Å². The number of carbonyl (C=O) groups excluding carboxylic acids is 1. The molecule has 1 aromatic heterocycles. The van der Waals surface area contributed by atoms with E-state index >= 15 is 0 Å². The molecule has 0 bridgehead atoms. The molecule has 0 unspecified atom stereocenters. The van der Waals surface area contributed by atoms with Gasteiger partial charge in [-0.1, -0.05) is 23.6 Å². The fourth-order valence-electron chi connectivity index (χ4n) is 0.813.